The molecule has 45 heavy (non-hydrogen) atoms. The highest BCUT2D eigenvalue weighted by molar-refractivity contribution is 7.16. The molecular formula is C36H30N2O5S2. The van der Waals surface area contributed by atoms with Crippen LogP contribution < -0.4 is 0 Å². The van der Waals surface area contributed by atoms with Crippen LogP contribution in [0.1, 0.15) is 34.7 Å². The van der Waals surface area contributed by atoms with Crippen LogP contribution in [0.3, 0.4) is 0 Å². The Bertz CT molecular complexity index is 1780. The van der Waals surface area contributed by atoms with E-state index in [1.807, 2.05) is 86.6 Å². The smallest absolute Gasteiger partial charge is 0.332 e. The van der Waals surface area contributed by atoms with E-state index in [4.69, 9.17) is 14.2 Å². The Balaban J connectivity index is 1.68. The van der Waals surface area contributed by atoms with Gasteiger partial charge in [0, 0.05) is 19.5 Å². The predicted molar refractivity (Wildman–Crippen MR) is 174 cm³/mol. The van der Waals surface area contributed by atoms with Crippen LogP contribution in [-0.2, 0) is 23.8 Å². The Labute approximate surface area is 269 Å². The zero-order valence-corrected chi connectivity index (χ0v) is 26.9. The number of esters is 2. The minimum atomic E-state index is -2.30. The molecule has 0 spiro atoms. The Kier molecular flexibility index (Phi) is 7.96. The van der Waals surface area contributed by atoms with Gasteiger partial charge in [-0.1, -0.05) is 60.7 Å². The highest BCUT2D eigenvalue weighted by atomic mass is 32.1. The lowest BCUT2D eigenvalue weighted by Gasteiger charge is -2.39. The van der Waals surface area contributed by atoms with Crippen LogP contribution in [0.15, 0.2) is 72.8 Å². The highest BCUT2D eigenvalue weighted by Crippen LogP contribution is 2.67. The highest BCUT2D eigenvalue weighted by Gasteiger charge is 2.81. The predicted octanol–water partition coefficient (Wildman–Crippen LogP) is 7.60. The van der Waals surface area contributed by atoms with Gasteiger partial charge in [0.2, 0.25) is 10.8 Å². The molecule has 9 heteroatoms. The van der Waals surface area contributed by atoms with Crippen LogP contribution in [0, 0.1) is 47.3 Å². The number of nitrogens with zero attached hydrogens (tertiary/aromatic N) is 2. The molecule has 2 aliphatic rings. The van der Waals surface area contributed by atoms with Crippen molar-refractivity contribution in [2.45, 2.75) is 39.9 Å². The monoisotopic (exact) mass is 634 g/mol. The van der Waals surface area contributed by atoms with E-state index in [-0.39, 0.29) is 13.2 Å². The Morgan fingerprint density at radius 3 is 1.44 bits per heavy atom. The first-order valence-corrected chi connectivity index (χ1v) is 16.3. The molecule has 0 amide bonds. The van der Waals surface area contributed by atoms with E-state index in [9.17, 15) is 20.1 Å². The summed E-state index contributed by atoms with van der Waals surface area (Å²) in [5.74, 6) is -1.95. The molecule has 6 rings (SSSR count). The maximum atomic E-state index is 14.0. The van der Waals surface area contributed by atoms with Crippen molar-refractivity contribution < 1.29 is 23.8 Å². The van der Waals surface area contributed by atoms with Gasteiger partial charge in [0.1, 0.15) is 12.2 Å². The van der Waals surface area contributed by atoms with E-state index in [1.165, 1.54) is 0 Å². The van der Waals surface area contributed by atoms with E-state index in [0.29, 0.717) is 11.1 Å². The molecule has 4 heterocycles. The van der Waals surface area contributed by atoms with Gasteiger partial charge in [-0.3, -0.25) is 9.59 Å². The second-order valence-corrected chi connectivity index (χ2v) is 13.4. The average Bonchev–Trinajstić information content (AvgIpc) is 3.81. The first-order valence-electron chi connectivity index (χ1n) is 14.7. The molecular weight excluding hydrogens is 605 g/mol. The molecule has 2 aromatic heterocycles. The van der Waals surface area contributed by atoms with E-state index in [0.717, 1.165) is 41.8 Å². The lowest BCUT2D eigenvalue weighted by atomic mass is 9.54. The second kappa shape index (κ2) is 11.8. The molecule has 0 N–H and O–H groups in total. The molecule has 0 radical (unpaired) electrons. The van der Waals surface area contributed by atoms with Gasteiger partial charge < -0.3 is 14.2 Å². The van der Waals surface area contributed by atoms with Gasteiger partial charge in [0.15, 0.2) is 0 Å². The summed E-state index contributed by atoms with van der Waals surface area (Å²) >= 11 is 3.18. The lowest BCUT2D eigenvalue weighted by molar-refractivity contribution is -0.168. The fourth-order valence-corrected chi connectivity index (χ4v) is 8.66. The van der Waals surface area contributed by atoms with Crippen LogP contribution >= 0.6 is 22.7 Å². The standard InChI is InChI=1S/C36H30N2O5S2/c1-5-41-33(39)35(19-37)31-29(25-17-27(44-21(25)3)23-13-9-7-10-14-23)30(32(43-31)36(35,20-38)34(40)42-6-2)26-18-28(45-22(26)4)24-15-11-8-12-16-24/h7-18,31-32H,5-6H2,1-4H3/t31-,32+,35-,36-/m0/s1. The number of ether oxygens (including phenoxy) is 3. The molecule has 4 atom stereocenters. The van der Waals surface area contributed by atoms with Crippen LogP contribution in [-0.4, -0.2) is 37.4 Å². The lowest BCUT2D eigenvalue weighted by Crippen LogP contribution is -2.59. The first kappa shape index (κ1) is 30.5. The van der Waals surface area contributed by atoms with Crippen molar-refractivity contribution in [3.63, 3.8) is 0 Å². The third kappa shape index (κ3) is 4.38. The van der Waals surface area contributed by atoms with Crippen LogP contribution in [0.5, 0.6) is 0 Å². The van der Waals surface area contributed by atoms with Crippen LogP contribution in [0.25, 0.3) is 32.0 Å². The molecule has 7 nitrogen and oxygen atoms in total. The molecule has 2 aliphatic heterocycles. The molecule has 4 aromatic rings. The van der Waals surface area contributed by atoms with Crippen molar-refractivity contribution in [2.24, 2.45) is 10.8 Å². The Hall–Kier alpha value is -4.54. The summed E-state index contributed by atoms with van der Waals surface area (Å²) in [5.41, 5.74) is 0.261. The molecule has 1 fully saturated rings. The van der Waals surface area contributed by atoms with E-state index in [1.54, 1.807) is 36.5 Å². The molecule has 0 saturated carbocycles. The van der Waals surface area contributed by atoms with Crippen molar-refractivity contribution >= 4 is 45.8 Å². The molecule has 2 bridgehead atoms. The quantitative estimate of drug-likeness (QED) is 0.184. The number of carbonyl (C=O) groups is 2. The number of nitriles is 2. The topological polar surface area (TPSA) is 109 Å². The molecule has 1 saturated heterocycles. The summed E-state index contributed by atoms with van der Waals surface area (Å²) in [5, 5.41) is 21.8. The summed E-state index contributed by atoms with van der Waals surface area (Å²) in [4.78, 5) is 31.8. The summed E-state index contributed by atoms with van der Waals surface area (Å²) in [6.45, 7) is 7.12. The normalized spacial score (nSPS) is 23.4. The van der Waals surface area contributed by atoms with Crippen molar-refractivity contribution in [3.05, 3.63) is 93.7 Å². The van der Waals surface area contributed by atoms with Crippen LogP contribution in [0.2, 0.25) is 0 Å². The van der Waals surface area contributed by atoms with Gasteiger partial charge in [-0.05, 0) is 73.2 Å². The third-order valence-corrected chi connectivity index (χ3v) is 10.8. The Morgan fingerprint density at radius 2 is 1.11 bits per heavy atom. The number of aryl methyl sites for hydroxylation is 2. The summed E-state index contributed by atoms with van der Waals surface area (Å²) < 4.78 is 17.5. The summed E-state index contributed by atoms with van der Waals surface area (Å²) in [7, 11) is 0. The average molecular weight is 635 g/mol. The number of rotatable bonds is 8. The number of carbonyl (C=O) groups excluding carboxylic acids is 2. The van der Waals surface area contributed by atoms with Crippen LogP contribution in [0.4, 0.5) is 0 Å². The fourth-order valence-electron chi connectivity index (χ4n) is 6.58. The summed E-state index contributed by atoms with van der Waals surface area (Å²) in [6, 6.07) is 28.2. The van der Waals surface area contributed by atoms with Gasteiger partial charge >= 0.3 is 11.9 Å². The molecule has 2 aromatic carbocycles. The number of hydrogen-bond donors (Lipinski definition) is 0. The largest absolute Gasteiger partial charge is 0.465 e. The second-order valence-electron chi connectivity index (χ2n) is 10.9. The zero-order valence-electron chi connectivity index (χ0n) is 25.2. The molecule has 0 unspecified atom stereocenters. The molecule has 0 aliphatic carbocycles. The van der Waals surface area contributed by atoms with E-state index < -0.39 is 35.0 Å². The summed E-state index contributed by atoms with van der Waals surface area (Å²) in [6.07, 6.45) is -2.52. The van der Waals surface area contributed by atoms with Crippen molar-refractivity contribution in [1.29, 1.82) is 10.5 Å². The number of benzene rings is 2. The van der Waals surface area contributed by atoms with Crippen molar-refractivity contribution in [2.75, 3.05) is 13.2 Å². The minimum absolute atomic E-state index is 0.0460. The maximum Gasteiger partial charge on any atom is 0.332 e. The van der Waals surface area contributed by atoms with E-state index >= 15 is 0 Å². The van der Waals surface area contributed by atoms with Gasteiger partial charge in [-0.15, -0.1) is 22.7 Å². The fraction of sp³-hybridized carbons (Fsp3) is 0.278. The zero-order chi connectivity index (χ0) is 31.9. The van der Waals surface area contributed by atoms with Gasteiger partial charge in [0.25, 0.3) is 0 Å². The van der Waals surface area contributed by atoms with Gasteiger partial charge in [-0.2, -0.15) is 10.5 Å². The number of fused-ring (bicyclic) bond motifs is 2. The SMILES string of the molecule is CCOC(=O)[C@]1(C#N)[C@@H]2O[C@@H](C(c3cc(-c4ccccc4)sc3C)=C2c2cc(-c3ccccc3)sc2C)[C@@]1(C#N)C(=O)OCC. The van der Waals surface area contributed by atoms with E-state index in [2.05, 4.69) is 12.1 Å². The van der Waals surface area contributed by atoms with Gasteiger partial charge in [-0.25, -0.2) is 0 Å². The van der Waals surface area contributed by atoms with Crippen molar-refractivity contribution in [1.82, 2.24) is 0 Å². The molecule has 226 valence electrons. The third-order valence-electron chi connectivity index (χ3n) is 8.58. The minimum Gasteiger partial charge on any atom is -0.465 e. The number of hydrogen-bond acceptors (Lipinski definition) is 9. The number of thiophene rings is 2. The first-order chi connectivity index (χ1) is 21.8. The maximum absolute atomic E-state index is 14.0. The van der Waals surface area contributed by atoms with Crippen molar-refractivity contribution in [3.8, 4) is 33.0 Å². The van der Waals surface area contributed by atoms with Gasteiger partial charge in [0.05, 0.1) is 25.4 Å². The Morgan fingerprint density at radius 1 is 0.733 bits per heavy atom.